The molecule has 2 N–H and O–H groups in total. The van der Waals surface area contributed by atoms with Crippen molar-refractivity contribution in [3.05, 3.63) is 71.8 Å². The molecule has 0 saturated heterocycles. The van der Waals surface area contributed by atoms with Crippen LogP contribution in [0.2, 0.25) is 0 Å². The van der Waals surface area contributed by atoms with Crippen molar-refractivity contribution in [2.75, 3.05) is 0 Å². The van der Waals surface area contributed by atoms with E-state index >= 15 is 0 Å². The summed E-state index contributed by atoms with van der Waals surface area (Å²) in [6, 6.07) is 21.1. The second-order valence-electron chi connectivity index (χ2n) is 5.04. The predicted octanol–water partition coefficient (Wildman–Crippen LogP) is 3.42. The van der Waals surface area contributed by atoms with Crippen LogP contribution in [-0.2, 0) is 5.54 Å². The fourth-order valence-electron chi connectivity index (χ4n) is 2.79. The lowest BCUT2D eigenvalue weighted by Crippen LogP contribution is -2.47. The van der Waals surface area contributed by atoms with Crippen LogP contribution in [0.1, 0.15) is 29.9 Å². The zero-order valence-electron chi connectivity index (χ0n) is 9.84. The molecule has 0 radical (unpaired) electrons. The Kier molecular flexibility index (Phi) is 2.49. The minimum absolute atomic E-state index is 0.109. The third-order valence-electron chi connectivity index (χ3n) is 3.84. The van der Waals surface area contributed by atoms with Gasteiger partial charge in [-0.2, -0.15) is 0 Å². The Hall–Kier alpha value is -1.60. The molecule has 0 bridgehead atoms. The van der Waals surface area contributed by atoms with Crippen LogP contribution in [0.5, 0.6) is 0 Å². The molecule has 1 heteroatoms. The van der Waals surface area contributed by atoms with Gasteiger partial charge in [-0.3, -0.25) is 0 Å². The topological polar surface area (TPSA) is 26.0 Å². The van der Waals surface area contributed by atoms with Gasteiger partial charge in [-0.1, -0.05) is 60.7 Å². The van der Waals surface area contributed by atoms with Gasteiger partial charge < -0.3 is 5.73 Å². The van der Waals surface area contributed by atoms with Crippen molar-refractivity contribution in [1.82, 2.24) is 0 Å². The second-order valence-corrected chi connectivity index (χ2v) is 5.04. The van der Waals surface area contributed by atoms with E-state index < -0.39 is 0 Å². The summed E-state index contributed by atoms with van der Waals surface area (Å²) in [6.45, 7) is 0. The first kappa shape index (κ1) is 10.5. The smallest absolute Gasteiger partial charge is 0.0421 e. The maximum atomic E-state index is 6.45. The molecule has 2 aromatic carbocycles. The SMILES string of the molecule is NC1(c2ccccc2)CC(c2ccccc2)C1. The van der Waals surface area contributed by atoms with Crippen molar-refractivity contribution in [3.63, 3.8) is 0 Å². The van der Waals surface area contributed by atoms with Crippen molar-refractivity contribution in [3.8, 4) is 0 Å². The summed E-state index contributed by atoms with van der Waals surface area (Å²) in [6.07, 6.45) is 2.11. The van der Waals surface area contributed by atoms with E-state index in [0.717, 1.165) is 12.8 Å². The van der Waals surface area contributed by atoms with Gasteiger partial charge in [0.25, 0.3) is 0 Å². The van der Waals surface area contributed by atoms with E-state index in [2.05, 4.69) is 54.6 Å². The van der Waals surface area contributed by atoms with E-state index in [-0.39, 0.29) is 5.54 Å². The van der Waals surface area contributed by atoms with Crippen LogP contribution in [-0.4, -0.2) is 0 Å². The molecule has 0 unspecified atom stereocenters. The van der Waals surface area contributed by atoms with E-state index in [9.17, 15) is 0 Å². The summed E-state index contributed by atoms with van der Waals surface area (Å²) in [7, 11) is 0. The molecule has 17 heavy (non-hydrogen) atoms. The zero-order valence-corrected chi connectivity index (χ0v) is 9.84. The lowest BCUT2D eigenvalue weighted by molar-refractivity contribution is 0.209. The van der Waals surface area contributed by atoms with Crippen molar-refractivity contribution in [2.45, 2.75) is 24.3 Å². The van der Waals surface area contributed by atoms with Gasteiger partial charge in [-0.15, -0.1) is 0 Å². The van der Waals surface area contributed by atoms with Gasteiger partial charge >= 0.3 is 0 Å². The average molecular weight is 223 g/mol. The lowest BCUT2D eigenvalue weighted by Gasteiger charge is -2.45. The molecule has 0 heterocycles. The normalized spacial score (nSPS) is 27.5. The highest BCUT2D eigenvalue weighted by Crippen LogP contribution is 2.48. The Morgan fingerprint density at radius 2 is 1.35 bits per heavy atom. The highest BCUT2D eigenvalue weighted by Gasteiger charge is 2.42. The summed E-state index contributed by atoms with van der Waals surface area (Å²) >= 11 is 0. The van der Waals surface area contributed by atoms with Crippen LogP contribution < -0.4 is 5.73 Å². The molecule has 0 atom stereocenters. The molecule has 0 amide bonds. The quantitative estimate of drug-likeness (QED) is 0.829. The van der Waals surface area contributed by atoms with Gasteiger partial charge in [-0.25, -0.2) is 0 Å². The molecule has 1 aliphatic rings. The first-order valence-electron chi connectivity index (χ1n) is 6.17. The van der Waals surface area contributed by atoms with Crippen LogP contribution in [0.4, 0.5) is 0 Å². The summed E-state index contributed by atoms with van der Waals surface area (Å²) in [5, 5.41) is 0. The maximum Gasteiger partial charge on any atom is 0.0421 e. The first-order valence-corrected chi connectivity index (χ1v) is 6.17. The fourth-order valence-corrected chi connectivity index (χ4v) is 2.79. The van der Waals surface area contributed by atoms with Gasteiger partial charge in [0.1, 0.15) is 0 Å². The Labute approximate surface area is 102 Å². The summed E-state index contributed by atoms with van der Waals surface area (Å²) in [4.78, 5) is 0. The van der Waals surface area contributed by atoms with Crippen molar-refractivity contribution in [2.24, 2.45) is 5.73 Å². The molecule has 0 aliphatic heterocycles. The molecule has 1 fully saturated rings. The monoisotopic (exact) mass is 223 g/mol. The minimum Gasteiger partial charge on any atom is -0.321 e. The molecular weight excluding hydrogens is 206 g/mol. The summed E-state index contributed by atoms with van der Waals surface area (Å²) in [5.74, 6) is 0.626. The van der Waals surface area contributed by atoms with Gasteiger partial charge in [-0.05, 0) is 29.9 Å². The number of hydrogen-bond donors (Lipinski definition) is 1. The van der Waals surface area contributed by atoms with E-state index in [1.54, 1.807) is 0 Å². The van der Waals surface area contributed by atoms with Crippen molar-refractivity contribution >= 4 is 0 Å². The Morgan fingerprint density at radius 1 is 0.824 bits per heavy atom. The maximum absolute atomic E-state index is 6.45. The molecule has 86 valence electrons. The average Bonchev–Trinajstić information content (AvgIpc) is 2.37. The Bertz CT molecular complexity index is 483. The summed E-state index contributed by atoms with van der Waals surface area (Å²) in [5.41, 5.74) is 9.03. The largest absolute Gasteiger partial charge is 0.321 e. The van der Waals surface area contributed by atoms with Gasteiger partial charge in [0, 0.05) is 5.54 Å². The van der Waals surface area contributed by atoms with E-state index in [0.29, 0.717) is 5.92 Å². The standard InChI is InChI=1S/C16H17N/c17-16(15-9-5-2-6-10-15)11-14(12-16)13-7-3-1-4-8-13/h1-10,14H,11-12,17H2. The van der Waals surface area contributed by atoms with Gasteiger partial charge in [0.05, 0.1) is 0 Å². The molecule has 3 rings (SSSR count). The minimum atomic E-state index is -0.109. The van der Waals surface area contributed by atoms with Crippen LogP contribution in [0.15, 0.2) is 60.7 Å². The van der Waals surface area contributed by atoms with Crippen molar-refractivity contribution in [1.29, 1.82) is 0 Å². The number of hydrogen-bond acceptors (Lipinski definition) is 1. The third kappa shape index (κ3) is 1.87. The highest BCUT2D eigenvalue weighted by molar-refractivity contribution is 5.33. The van der Waals surface area contributed by atoms with Gasteiger partial charge in [0.15, 0.2) is 0 Å². The highest BCUT2D eigenvalue weighted by atomic mass is 14.8. The predicted molar refractivity (Wildman–Crippen MR) is 70.7 cm³/mol. The molecule has 1 nitrogen and oxygen atoms in total. The summed E-state index contributed by atoms with van der Waals surface area (Å²) < 4.78 is 0. The van der Waals surface area contributed by atoms with E-state index in [1.807, 2.05) is 6.07 Å². The Balaban J connectivity index is 1.76. The second kappa shape index (κ2) is 4.01. The third-order valence-corrected chi connectivity index (χ3v) is 3.84. The Morgan fingerprint density at radius 3 is 1.94 bits per heavy atom. The number of rotatable bonds is 2. The molecule has 2 aromatic rings. The van der Waals surface area contributed by atoms with Crippen molar-refractivity contribution < 1.29 is 0 Å². The lowest BCUT2D eigenvalue weighted by atomic mass is 9.63. The molecule has 0 spiro atoms. The van der Waals surface area contributed by atoms with Crippen LogP contribution in [0.25, 0.3) is 0 Å². The number of benzene rings is 2. The van der Waals surface area contributed by atoms with Crippen LogP contribution >= 0.6 is 0 Å². The van der Waals surface area contributed by atoms with E-state index in [4.69, 9.17) is 5.73 Å². The number of nitrogens with two attached hydrogens (primary N) is 1. The van der Waals surface area contributed by atoms with Crippen LogP contribution in [0, 0.1) is 0 Å². The molecular formula is C16H17N. The fraction of sp³-hybridized carbons (Fsp3) is 0.250. The van der Waals surface area contributed by atoms with Crippen LogP contribution in [0.3, 0.4) is 0 Å². The first-order chi connectivity index (χ1) is 8.28. The molecule has 0 aromatic heterocycles. The van der Waals surface area contributed by atoms with Gasteiger partial charge in [0.2, 0.25) is 0 Å². The molecule has 1 aliphatic carbocycles. The van der Waals surface area contributed by atoms with E-state index in [1.165, 1.54) is 11.1 Å². The zero-order chi connectivity index (χ0) is 11.7. The molecule has 1 saturated carbocycles.